The molecule has 3 N–H and O–H groups in total. The van der Waals surface area contributed by atoms with Crippen molar-refractivity contribution in [1.82, 2.24) is 14.6 Å². The van der Waals surface area contributed by atoms with Gasteiger partial charge in [0, 0.05) is 41.7 Å². The molecular formula is C23H37ClN4O6S. The van der Waals surface area contributed by atoms with Gasteiger partial charge < -0.3 is 19.9 Å². The third-order valence-corrected chi connectivity index (χ3v) is 7.64. The van der Waals surface area contributed by atoms with E-state index in [-0.39, 0.29) is 31.3 Å². The SMILES string of the molecule is COc1cc(N)nc(C2CCC(OC[C@H]3[C@@H](NS(C)(=O)=O)C[C@@H](C)N3C(=O)OCCCCl)CC2)c1. The molecule has 198 valence electrons. The standard InChI is InChI=1S/C23H37ClN4O6S/c1-15-11-20(27-35(3,30)31)21(28(15)23(29)33-10-4-9-24)14-34-17-7-5-16(6-8-17)19-12-18(32-2)13-22(25)26-19/h12-13,15-17,20-21,27H,4-11,14H2,1-3H3,(H2,25,26)/t15-,16?,17?,20+,21+/m1/s1. The number of carbonyl (C=O) groups excluding carboxylic acids is 1. The molecule has 1 aromatic rings. The van der Waals surface area contributed by atoms with Crippen molar-refractivity contribution >= 4 is 33.5 Å². The van der Waals surface area contributed by atoms with Crippen LogP contribution in [0.4, 0.5) is 10.6 Å². The van der Waals surface area contributed by atoms with Crippen molar-refractivity contribution in [2.24, 2.45) is 0 Å². The maximum absolute atomic E-state index is 12.8. The Bertz CT molecular complexity index is 957. The first kappa shape index (κ1) is 27.8. The van der Waals surface area contributed by atoms with Crippen LogP contribution in [-0.4, -0.2) is 81.1 Å². The van der Waals surface area contributed by atoms with Crippen LogP contribution >= 0.6 is 11.6 Å². The highest BCUT2D eigenvalue weighted by Crippen LogP contribution is 2.35. The fraction of sp³-hybridized carbons (Fsp3) is 0.739. The van der Waals surface area contributed by atoms with Gasteiger partial charge in [-0.05, 0) is 45.4 Å². The van der Waals surface area contributed by atoms with E-state index in [4.69, 9.17) is 31.5 Å². The maximum atomic E-state index is 12.8. The molecule has 12 heteroatoms. The lowest BCUT2D eigenvalue weighted by Crippen LogP contribution is -2.50. The van der Waals surface area contributed by atoms with Crippen molar-refractivity contribution < 1.29 is 27.4 Å². The van der Waals surface area contributed by atoms with Crippen molar-refractivity contribution in [2.45, 2.75) is 75.6 Å². The van der Waals surface area contributed by atoms with Gasteiger partial charge >= 0.3 is 6.09 Å². The number of amides is 1. The van der Waals surface area contributed by atoms with Crippen LogP contribution < -0.4 is 15.2 Å². The Labute approximate surface area is 212 Å². The van der Waals surface area contributed by atoms with Gasteiger partial charge in [0.25, 0.3) is 0 Å². The number of nitrogen functional groups attached to an aromatic ring is 1. The Morgan fingerprint density at radius 1 is 1.29 bits per heavy atom. The van der Waals surface area contributed by atoms with Crippen LogP contribution in [0.3, 0.4) is 0 Å². The summed E-state index contributed by atoms with van der Waals surface area (Å²) in [6, 6.07) is 2.54. The number of carbonyl (C=O) groups is 1. The van der Waals surface area contributed by atoms with Gasteiger partial charge in [-0.3, -0.25) is 4.90 Å². The van der Waals surface area contributed by atoms with Gasteiger partial charge in [0.05, 0.1) is 38.7 Å². The average molecular weight is 533 g/mol. The van der Waals surface area contributed by atoms with E-state index in [1.807, 2.05) is 13.0 Å². The van der Waals surface area contributed by atoms with E-state index in [0.717, 1.165) is 37.6 Å². The number of rotatable bonds is 10. The molecule has 3 atom stereocenters. The van der Waals surface area contributed by atoms with E-state index >= 15 is 0 Å². The average Bonchev–Trinajstić information content (AvgIpc) is 3.10. The molecule has 0 bridgehead atoms. The topological polar surface area (TPSA) is 133 Å². The maximum Gasteiger partial charge on any atom is 0.410 e. The molecule has 0 unspecified atom stereocenters. The van der Waals surface area contributed by atoms with Crippen molar-refractivity contribution in [3.05, 3.63) is 17.8 Å². The summed E-state index contributed by atoms with van der Waals surface area (Å²) in [6.07, 6.45) is 5.14. The summed E-state index contributed by atoms with van der Waals surface area (Å²) in [4.78, 5) is 18.9. The number of sulfonamides is 1. The fourth-order valence-corrected chi connectivity index (χ4v) is 5.91. The Morgan fingerprint density at radius 3 is 2.63 bits per heavy atom. The predicted octanol–water partition coefficient (Wildman–Crippen LogP) is 2.86. The van der Waals surface area contributed by atoms with E-state index in [9.17, 15) is 13.2 Å². The molecule has 1 aliphatic carbocycles. The summed E-state index contributed by atoms with van der Waals surface area (Å²) < 4.78 is 43.5. The van der Waals surface area contributed by atoms with Gasteiger partial charge in [0.15, 0.2) is 0 Å². The molecule has 2 fully saturated rings. The lowest BCUT2D eigenvalue weighted by molar-refractivity contribution is -0.0105. The van der Waals surface area contributed by atoms with Crippen LogP contribution in [0.5, 0.6) is 5.75 Å². The minimum absolute atomic E-state index is 0.0121. The van der Waals surface area contributed by atoms with Gasteiger partial charge in [-0.1, -0.05) is 0 Å². The van der Waals surface area contributed by atoms with E-state index in [0.29, 0.717) is 30.3 Å². The molecule has 2 heterocycles. The highest BCUT2D eigenvalue weighted by atomic mass is 35.5. The lowest BCUT2D eigenvalue weighted by atomic mass is 9.85. The molecule has 0 spiro atoms. The Kier molecular flexibility index (Phi) is 9.86. The summed E-state index contributed by atoms with van der Waals surface area (Å²) in [5.41, 5.74) is 6.84. The number of pyridine rings is 1. The third kappa shape index (κ3) is 7.83. The van der Waals surface area contributed by atoms with E-state index < -0.39 is 28.2 Å². The molecule has 10 nitrogen and oxygen atoms in total. The summed E-state index contributed by atoms with van der Waals surface area (Å²) in [5, 5.41) is 0. The number of hydrogen-bond donors (Lipinski definition) is 2. The number of alkyl halides is 1. The number of methoxy groups -OCH3 is 1. The number of nitrogens with zero attached hydrogens (tertiary/aromatic N) is 2. The van der Waals surface area contributed by atoms with Crippen molar-refractivity contribution in [1.29, 1.82) is 0 Å². The summed E-state index contributed by atoms with van der Waals surface area (Å²) in [6.45, 7) is 2.33. The van der Waals surface area contributed by atoms with Gasteiger partial charge in [0.1, 0.15) is 11.6 Å². The number of aromatic nitrogens is 1. The number of hydrogen-bond acceptors (Lipinski definition) is 8. The fourth-order valence-electron chi connectivity index (χ4n) is 4.99. The van der Waals surface area contributed by atoms with Crippen LogP contribution in [0.25, 0.3) is 0 Å². The second-order valence-corrected chi connectivity index (χ2v) is 11.5. The third-order valence-electron chi connectivity index (χ3n) is 6.64. The first-order valence-corrected chi connectivity index (χ1v) is 14.4. The predicted molar refractivity (Wildman–Crippen MR) is 134 cm³/mol. The normalized spacial score (nSPS) is 27.1. The minimum Gasteiger partial charge on any atom is -0.497 e. The quantitative estimate of drug-likeness (QED) is 0.347. The second-order valence-electron chi connectivity index (χ2n) is 9.38. The molecule has 1 aromatic heterocycles. The first-order chi connectivity index (χ1) is 16.6. The van der Waals surface area contributed by atoms with Gasteiger partial charge in [-0.2, -0.15) is 0 Å². The smallest absolute Gasteiger partial charge is 0.410 e. The van der Waals surface area contributed by atoms with Crippen molar-refractivity contribution in [3.8, 4) is 5.75 Å². The van der Waals surface area contributed by atoms with E-state index in [2.05, 4.69) is 9.71 Å². The highest BCUT2D eigenvalue weighted by molar-refractivity contribution is 7.88. The van der Waals surface area contributed by atoms with Gasteiger partial charge in [-0.25, -0.2) is 22.9 Å². The molecule has 0 radical (unpaired) electrons. The number of ether oxygens (including phenoxy) is 3. The highest BCUT2D eigenvalue weighted by Gasteiger charge is 2.44. The monoisotopic (exact) mass is 532 g/mol. The summed E-state index contributed by atoms with van der Waals surface area (Å²) in [5.74, 6) is 1.81. The van der Waals surface area contributed by atoms with Crippen LogP contribution in [0.2, 0.25) is 0 Å². The van der Waals surface area contributed by atoms with Crippen LogP contribution in [-0.2, 0) is 19.5 Å². The molecule has 2 aliphatic rings. The first-order valence-electron chi connectivity index (χ1n) is 12.0. The van der Waals surface area contributed by atoms with Gasteiger partial charge in [0.2, 0.25) is 10.0 Å². The lowest BCUT2D eigenvalue weighted by Gasteiger charge is -2.33. The zero-order valence-electron chi connectivity index (χ0n) is 20.6. The number of anilines is 1. The Morgan fingerprint density at radius 2 is 2.00 bits per heavy atom. The molecule has 1 saturated heterocycles. The zero-order chi connectivity index (χ0) is 25.6. The largest absolute Gasteiger partial charge is 0.497 e. The Hall–Kier alpha value is -1.82. The molecule has 1 saturated carbocycles. The van der Waals surface area contributed by atoms with Crippen LogP contribution in [0.1, 0.15) is 57.1 Å². The molecule has 3 rings (SSSR count). The molecular weight excluding hydrogens is 496 g/mol. The number of likely N-dealkylation sites (tertiary alicyclic amines) is 1. The second kappa shape index (κ2) is 12.4. The minimum atomic E-state index is -3.45. The van der Waals surface area contributed by atoms with Crippen molar-refractivity contribution in [3.63, 3.8) is 0 Å². The Balaban J connectivity index is 1.61. The number of nitrogens with two attached hydrogens (primary N) is 1. The zero-order valence-corrected chi connectivity index (χ0v) is 22.2. The molecule has 0 aromatic carbocycles. The molecule has 1 amide bonds. The summed E-state index contributed by atoms with van der Waals surface area (Å²) >= 11 is 5.69. The van der Waals surface area contributed by atoms with E-state index in [1.165, 1.54) is 0 Å². The van der Waals surface area contributed by atoms with Crippen LogP contribution in [0, 0.1) is 0 Å². The summed E-state index contributed by atoms with van der Waals surface area (Å²) in [7, 11) is -1.85. The molecule has 1 aliphatic heterocycles. The van der Waals surface area contributed by atoms with Crippen molar-refractivity contribution in [2.75, 3.05) is 38.2 Å². The molecule has 35 heavy (non-hydrogen) atoms. The number of nitrogens with one attached hydrogen (secondary N) is 1. The van der Waals surface area contributed by atoms with E-state index in [1.54, 1.807) is 18.1 Å². The van der Waals surface area contributed by atoms with Gasteiger partial charge in [-0.15, -0.1) is 11.6 Å². The van der Waals surface area contributed by atoms with Crippen LogP contribution in [0.15, 0.2) is 12.1 Å². The number of halogens is 1.